The van der Waals surface area contributed by atoms with E-state index in [9.17, 15) is 9.59 Å². The van der Waals surface area contributed by atoms with E-state index in [2.05, 4.69) is 21.2 Å². The molecule has 0 aliphatic rings. The van der Waals surface area contributed by atoms with Crippen molar-refractivity contribution in [3.8, 4) is 0 Å². The fourth-order valence-electron chi connectivity index (χ4n) is 1.91. The minimum atomic E-state index is -0.161. The first-order valence-electron chi connectivity index (χ1n) is 7.23. The molecular formula is C18H18BrNO2S. The van der Waals surface area contributed by atoms with Gasteiger partial charge in [0.05, 0.1) is 5.25 Å². The first kappa shape index (κ1) is 17.8. The number of carbonyl (C=O) groups excluding carboxylic acids is 2. The molecule has 0 fully saturated rings. The van der Waals surface area contributed by atoms with Crippen LogP contribution in [0.3, 0.4) is 0 Å². The van der Waals surface area contributed by atoms with Crippen LogP contribution in [0.25, 0.3) is 0 Å². The molecule has 0 bridgehead atoms. The quantitative estimate of drug-likeness (QED) is 0.711. The topological polar surface area (TPSA) is 46.2 Å². The van der Waals surface area contributed by atoms with E-state index in [0.717, 1.165) is 10.2 Å². The standard InChI is InChI=1S/C18H18BrNO2S/c1-12(21)15-5-9-17(10-6-15)20-18(22)13(2)23-11-14-3-7-16(19)8-4-14/h3-10,13H,11H2,1-2H3,(H,20,22)/t13-/m0/s1. The number of benzene rings is 2. The van der Waals surface area contributed by atoms with Gasteiger partial charge in [0.2, 0.25) is 5.91 Å². The molecule has 2 rings (SSSR count). The lowest BCUT2D eigenvalue weighted by molar-refractivity contribution is -0.115. The summed E-state index contributed by atoms with van der Waals surface area (Å²) in [4.78, 5) is 23.4. The summed E-state index contributed by atoms with van der Waals surface area (Å²) in [6, 6.07) is 15.0. The number of hydrogen-bond acceptors (Lipinski definition) is 3. The van der Waals surface area contributed by atoms with Gasteiger partial charge in [-0.25, -0.2) is 0 Å². The zero-order valence-corrected chi connectivity index (χ0v) is 15.4. The van der Waals surface area contributed by atoms with Crippen molar-refractivity contribution in [1.82, 2.24) is 0 Å². The maximum Gasteiger partial charge on any atom is 0.237 e. The number of halogens is 1. The molecule has 0 aromatic heterocycles. The molecule has 2 aromatic rings. The van der Waals surface area contributed by atoms with E-state index in [1.165, 1.54) is 12.5 Å². The first-order chi connectivity index (χ1) is 11.0. The highest BCUT2D eigenvalue weighted by Crippen LogP contribution is 2.21. The third-order valence-electron chi connectivity index (χ3n) is 3.34. The Kier molecular flexibility index (Phi) is 6.42. The van der Waals surface area contributed by atoms with Gasteiger partial charge in [-0.3, -0.25) is 9.59 Å². The number of hydrogen-bond donors (Lipinski definition) is 1. The summed E-state index contributed by atoms with van der Waals surface area (Å²) in [5, 5.41) is 2.71. The Morgan fingerprint density at radius 2 is 1.70 bits per heavy atom. The van der Waals surface area contributed by atoms with Crippen LogP contribution < -0.4 is 5.32 Å². The predicted molar refractivity (Wildman–Crippen MR) is 100.0 cm³/mol. The first-order valence-corrected chi connectivity index (χ1v) is 9.08. The van der Waals surface area contributed by atoms with Crippen LogP contribution >= 0.6 is 27.7 Å². The highest BCUT2D eigenvalue weighted by atomic mass is 79.9. The van der Waals surface area contributed by atoms with Gasteiger partial charge in [-0.05, 0) is 55.8 Å². The molecular weight excluding hydrogens is 374 g/mol. The number of amides is 1. The number of rotatable bonds is 6. The molecule has 2 aromatic carbocycles. The van der Waals surface area contributed by atoms with Gasteiger partial charge in [-0.15, -0.1) is 11.8 Å². The van der Waals surface area contributed by atoms with Crippen molar-refractivity contribution in [2.24, 2.45) is 0 Å². The Balaban J connectivity index is 1.86. The molecule has 120 valence electrons. The van der Waals surface area contributed by atoms with Gasteiger partial charge in [0.25, 0.3) is 0 Å². The molecule has 0 spiro atoms. The maximum atomic E-state index is 12.2. The van der Waals surface area contributed by atoms with Gasteiger partial charge in [0.15, 0.2) is 5.78 Å². The van der Waals surface area contributed by atoms with E-state index in [-0.39, 0.29) is 16.9 Å². The summed E-state index contributed by atoms with van der Waals surface area (Å²) >= 11 is 5.00. The zero-order chi connectivity index (χ0) is 16.8. The summed E-state index contributed by atoms with van der Waals surface area (Å²) in [6.45, 7) is 3.41. The van der Waals surface area contributed by atoms with Gasteiger partial charge in [0.1, 0.15) is 0 Å². The van der Waals surface area contributed by atoms with Crippen LogP contribution in [-0.4, -0.2) is 16.9 Å². The van der Waals surface area contributed by atoms with Crippen LogP contribution in [0.5, 0.6) is 0 Å². The fraction of sp³-hybridized carbons (Fsp3) is 0.222. The van der Waals surface area contributed by atoms with E-state index in [1.807, 2.05) is 31.2 Å². The maximum absolute atomic E-state index is 12.2. The van der Waals surface area contributed by atoms with E-state index in [0.29, 0.717) is 11.3 Å². The third kappa shape index (κ3) is 5.52. The Morgan fingerprint density at radius 3 is 2.26 bits per heavy atom. The number of nitrogens with one attached hydrogen (secondary N) is 1. The lowest BCUT2D eigenvalue weighted by Crippen LogP contribution is -2.22. The van der Waals surface area contributed by atoms with Crippen molar-refractivity contribution in [1.29, 1.82) is 0 Å². The third-order valence-corrected chi connectivity index (χ3v) is 5.08. The number of Topliss-reactive ketones (excluding diaryl/α,β-unsaturated/α-hetero) is 1. The molecule has 1 N–H and O–H groups in total. The van der Waals surface area contributed by atoms with Crippen LogP contribution in [0.15, 0.2) is 53.0 Å². The molecule has 0 heterocycles. The highest BCUT2D eigenvalue weighted by Gasteiger charge is 2.13. The average molecular weight is 392 g/mol. The largest absolute Gasteiger partial charge is 0.325 e. The molecule has 1 amide bonds. The molecule has 3 nitrogen and oxygen atoms in total. The Hall–Kier alpha value is -1.59. The monoisotopic (exact) mass is 391 g/mol. The SMILES string of the molecule is CC(=O)c1ccc(NC(=O)[C@H](C)SCc2ccc(Br)cc2)cc1. The number of carbonyl (C=O) groups is 2. The summed E-state index contributed by atoms with van der Waals surface area (Å²) in [7, 11) is 0. The van der Waals surface area contributed by atoms with Crippen molar-refractivity contribution < 1.29 is 9.59 Å². The molecule has 1 atom stereocenters. The minimum absolute atomic E-state index is 0.0151. The van der Waals surface area contributed by atoms with Gasteiger partial charge in [0, 0.05) is 21.5 Å². The van der Waals surface area contributed by atoms with Crippen molar-refractivity contribution >= 4 is 45.1 Å². The second-order valence-corrected chi connectivity index (χ2v) is 7.45. The molecule has 0 aliphatic heterocycles. The van der Waals surface area contributed by atoms with Crippen LogP contribution in [0.1, 0.15) is 29.8 Å². The van der Waals surface area contributed by atoms with Gasteiger partial charge >= 0.3 is 0 Å². The van der Waals surface area contributed by atoms with E-state index >= 15 is 0 Å². The van der Waals surface area contributed by atoms with Crippen molar-refractivity contribution in [3.63, 3.8) is 0 Å². The Bertz CT molecular complexity index is 683. The predicted octanol–water partition coefficient (Wildman–Crippen LogP) is 4.91. The lowest BCUT2D eigenvalue weighted by Gasteiger charge is -2.12. The number of thioether (sulfide) groups is 1. The highest BCUT2D eigenvalue weighted by molar-refractivity contribution is 9.10. The normalized spacial score (nSPS) is 11.8. The molecule has 5 heteroatoms. The van der Waals surface area contributed by atoms with Gasteiger partial charge in [-0.1, -0.05) is 28.1 Å². The van der Waals surface area contributed by atoms with E-state index < -0.39 is 0 Å². The summed E-state index contributed by atoms with van der Waals surface area (Å²) in [6.07, 6.45) is 0. The fourth-order valence-corrected chi connectivity index (χ4v) is 3.02. The minimum Gasteiger partial charge on any atom is -0.325 e. The van der Waals surface area contributed by atoms with Crippen molar-refractivity contribution in [3.05, 3.63) is 64.1 Å². The van der Waals surface area contributed by atoms with E-state index in [4.69, 9.17) is 0 Å². The second kappa shape index (κ2) is 8.31. The number of anilines is 1. The van der Waals surface area contributed by atoms with Gasteiger partial charge < -0.3 is 5.32 Å². The van der Waals surface area contributed by atoms with Crippen molar-refractivity contribution in [2.75, 3.05) is 5.32 Å². The summed E-state index contributed by atoms with van der Waals surface area (Å²) in [5.41, 5.74) is 2.53. The summed E-state index contributed by atoms with van der Waals surface area (Å²) in [5.74, 6) is 0.759. The molecule has 23 heavy (non-hydrogen) atoms. The van der Waals surface area contributed by atoms with Crippen LogP contribution in [0.4, 0.5) is 5.69 Å². The smallest absolute Gasteiger partial charge is 0.237 e. The second-order valence-electron chi connectivity index (χ2n) is 5.20. The molecule has 0 radical (unpaired) electrons. The molecule has 0 aliphatic carbocycles. The lowest BCUT2D eigenvalue weighted by atomic mass is 10.1. The molecule has 0 saturated carbocycles. The van der Waals surface area contributed by atoms with Gasteiger partial charge in [-0.2, -0.15) is 0 Å². The molecule has 0 saturated heterocycles. The Morgan fingerprint density at radius 1 is 1.09 bits per heavy atom. The average Bonchev–Trinajstić information content (AvgIpc) is 2.54. The van der Waals surface area contributed by atoms with Crippen LogP contribution in [-0.2, 0) is 10.5 Å². The zero-order valence-electron chi connectivity index (χ0n) is 13.0. The van der Waals surface area contributed by atoms with Crippen LogP contribution in [0, 0.1) is 0 Å². The van der Waals surface area contributed by atoms with Crippen LogP contribution in [0.2, 0.25) is 0 Å². The van der Waals surface area contributed by atoms with Crippen molar-refractivity contribution in [2.45, 2.75) is 24.9 Å². The summed E-state index contributed by atoms with van der Waals surface area (Å²) < 4.78 is 1.05. The Labute approximate surface area is 149 Å². The number of ketones is 1. The molecule has 0 unspecified atom stereocenters. The van der Waals surface area contributed by atoms with E-state index in [1.54, 1.807) is 36.0 Å².